The number of nitrogens with one attached hydrogen (secondary N) is 1. The van der Waals surface area contributed by atoms with Gasteiger partial charge >= 0.3 is 0 Å². The molecule has 1 atom stereocenters. The molecule has 3 N–H and O–H groups in total. The first-order valence-corrected chi connectivity index (χ1v) is 7.99. The van der Waals surface area contributed by atoms with Crippen molar-refractivity contribution >= 4 is 34.5 Å². The van der Waals surface area contributed by atoms with Crippen molar-refractivity contribution in [2.45, 2.75) is 6.17 Å². The van der Waals surface area contributed by atoms with Gasteiger partial charge in [-0.2, -0.15) is 0 Å². The van der Waals surface area contributed by atoms with Crippen LogP contribution in [-0.2, 0) is 0 Å². The van der Waals surface area contributed by atoms with E-state index in [0.717, 1.165) is 16.6 Å². The van der Waals surface area contributed by atoms with E-state index < -0.39 is 6.17 Å². The number of fused-ring (bicyclic) bond motifs is 3. The van der Waals surface area contributed by atoms with Gasteiger partial charge in [-0.1, -0.05) is 23.7 Å². The number of aliphatic imine (C=N–C) groups is 1. The maximum atomic E-state index is 6.36. The summed E-state index contributed by atoms with van der Waals surface area (Å²) in [6, 6.07) is 11.5. The number of aromatic nitrogens is 2. The molecular formula is C17H16ClN5O2. The van der Waals surface area contributed by atoms with E-state index in [-0.39, 0.29) is 0 Å². The average molecular weight is 358 g/mol. The van der Waals surface area contributed by atoms with Gasteiger partial charge < -0.3 is 15.2 Å². The van der Waals surface area contributed by atoms with Crippen molar-refractivity contribution in [3.63, 3.8) is 0 Å². The van der Waals surface area contributed by atoms with E-state index in [4.69, 9.17) is 26.8 Å². The number of hydrogen-bond acceptors (Lipinski definition) is 6. The Morgan fingerprint density at radius 2 is 2.00 bits per heavy atom. The Morgan fingerprint density at radius 3 is 2.76 bits per heavy atom. The summed E-state index contributed by atoms with van der Waals surface area (Å²) in [5, 5.41) is 3.45. The van der Waals surface area contributed by atoms with E-state index in [9.17, 15) is 0 Å². The van der Waals surface area contributed by atoms with Gasteiger partial charge in [-0.05, 0) is 24.3 Å². The molecular weight excluding hydrogens is 342 g/mol. The summed E-state index contributed by atoms with van der Waals surface area (Å²) in [4.78, 5) is 9.12. The standard InChI is InChI=1S/C17H16ClN5O2/c1-24-13-8-9(7-10(18)14(13)25-2)15-21-16(19)22-17-20-11-5-3-4-6-12(11)23(15)17/h3-8,15H,1-2H3,(H3,19,20,21,22)/t15-/m0/s1. The summed E-state index contributed by atoms with van der Waals surface area (Å²) in [5.74, 6) is 1.93. The molecule has 7 nitrogen and oxygen atoms in total. The fraction of sp³-hybridized carbons (Fsp3) is 0.176. The largest absolute Gasteiger partial charge is 0.493 e. The molecule has 1 aliphatic rings. The Labute approximate surface area is 149 Å². The molecule has 0 fully saturated rings. The number of anilines is 1. The summed E-state index contributed by atoms with van der Waals surface area (Å²) >= 11 is 6.36. The van der Waals surface area contributed by atoms with Gasteiger partial charge in [0.25, 0.3) is 0 Å². The smallest absolute Gasteiger partial charge is 0.212 e. The molecule has 1 aromatic heterocycles. The van der Waals surface area contributed by atoms with Crippen LogP contribution in [0.15, 0.2) is 41.4 Å². The number of para-hydroxylation sites is 2. The van der Waals surface area contributed by atoms with Gasteiger partial charge in [-0.25, -0.2) is 9.98 Å². The molecule has 128 valence electrons. The van der Waals surface area contributed by atoms with E-state index in [2.05, 4.69) is 15.3 Å². The zero-order valence-corrected chi connectivity index (χ0v) is 14.4. The SMILES string of the molecule is COc1cc([C@H]2N=C(N)Nc3nc4ccccc4n32)cc(Cl)c1OC. The third-order valence-corrected chi connectivity index (χ3v) is 4.38. The first-order valence-electron chi connectivity index (χ1n) is 7.61. The molecule has 0 bridgehead atoms. The van der Waals surface area contributed by atoms with Gasteiger partial charge in [-0.3, -0.25) is 9.88 Å². The van der Waals surface area contributed by atoms with Crippen LogP contribution >= 0.6 is 11.6 Å². The van der Waals surface area contributed by atoms with E-state index in [1.165, 1.54) is 0 Å². The van der Waals surface area contributed by atoms with Crippen LogP contribution in [0.2, 0.25) is 5.02 Å². The van der Waals surface area contributed by atoms with Crippen molar-refractivity contribution in [2.24, 2.45) is 10.7 Å². The van der Waals surface area contributed by atoms with Crippen molar-refractivity contribution in [1.82, 2.24) is 9.55 Å². The molecule has 25 heavy (non-hydrogen) atoms. The monoisotopic (exact) mass is 357 g/mol. The summed E-state index contributed by atoms with van der Waals surface area (Å²) < 4.78 is 12.7. The first-order chi connectivity index (χ1) is 12.1. The van der Waals surface area contributed by atoms with Crippen molar-refractivity contribution < 1.29 is 9.47 Å². The lowest BCUT2D eigenvalue weighted by molar-refractivity contribution is 0.354. The highest BCUT2D eigenvalue weighted by Gasteiger charge is 2.26. The fourth-order valence-electron chi connectivity index (χ4n) is 3.03. The van der Waals surface area contributed by atoms with Crippen LogP contribution < -0.4 is 20.5 Å². The second-order valence-electron chi connectivity index (χ2n) is 5.55. The van der Waals surface area contributed by atoms with E-state index in [1.807, 2.05) is 34.9 Å². The Hall–Kier alpha value is -2.93. The van der Waals surface area contributed by atoms with Crippen molar-refractivity contribution in [2.75, 3.05) is 19.5 Å². The van der Waals surface area contributed by atoms with Crippen LogP contribution in [-0.4, -0.2) is 29.7 Å². The third kappa shape index (κ3) is 2.44. The molecule has 0 unspecified atom stereocenters. The van der Waals surface area contributed by atoms with Crippen LogP contribution in [0.25, 0.3) is 11.0 Å². The molecule has 2 heterocycles. The predicted octanol–water partition coefficient (Wildman–Crippen LogP) is 2.99. The Bertz CT molecular complexity index is 998. The summed E-state index contributed by atoms with van der Waals surface area (Å²) in [6.07, 6.45) is -0.416. The number of nitrogens with zero attached hydrogens (tertiary/aromatic N) is 3. The Kier molecular flexibility index (Phi) is 3.65. The quantitative estimate of drug-likeness (QED) is 0.752. The molecule has 2 aromatic carbocycles. The van der Waals surface area contributed by atoms with Crippen molar-refractivity contribution in [3.05, 3.63) is 47.0 Å². The van der Waals surface area contributed by atoms with Crippen molar-refractivity contribution in [3.8, 4) is 11.5 Å². The van der Waals surface area contributed by atoms with E-state index >= 15 is 0 Å². The zero-order chi connectivity index (χ0) is 17.6. The van der Waals surface area contributed by atoms with Gasteiger partial charge in [0.15, 0.2) is 23.6 Å². The lowest BCUT2D eigenvalue weighted by Crippen LogP contribution is -2.31. The molecule has 0 saturated carbocycles. The zero-order valence-electron chi connectivity index (χ0n) is 13.7. The van der Waals surface area contributed by atoms with Gasteiger partial charge in [0.05, 0.1) is 30.3 Å². The highest BCUT2D eigenvalue weighted by molar-refractivity contribution is 6.32. The topological polar surface area (TPSA) is 86.7 Å². The summed E-state index contributed by atoms with van der Waals surface area (Å²) in [7, 11) is 3.11. The first kappa shape index (κ1) is 15.6. The number of hydrogen-bond donors (Lipinski definition) is 2. The molecule has 4 rings (SSSR count). The Balaban J connectivity index is 1.94. The number of ether oxygens (including phenoxy) is 2. The minimum absolute atomic E-state index is 0.290. The van der Waals surface area contributed by atoms with Crippen LogP contribution in [0.3, 0.4) is 0 Å². The fourth-order valence-corrected chi connectivity index (χ4v) is 3.32. The number of halogens is 1. The number of methoxy groups -OCH3 is 2. The second-order valence-corrected chi connectivity index (χ2v) is 5.95. The van der Waals surface area contributed by atoms with Gasteiger partial charge in [0.1, 0.15) is 0 Å². The third-order valence-electron chi connectivity index (χ3n) is 4.10. The molecule has 3 aromatic rings. The van der Waals surface area contributed by atoms with Crippen molar-refractivity contribution in [1.29, 1.82) is 0 Å². The lowest BCUT2D eigenvalue weighted by atomic mass is 10.1. The molecule has 0 amide bonds. The molecule has 1 aliphatic heterocycles. The molecule has 8 heteroatoms. The number of nitrogens with two attached hydrogens (primary N) is 1. The maximum absolute atomic E-state index is 6.36. The lowest BCUT2D eigenvalue weighted by Gasteiger charge is -2.24. The number of imidazole rings is 1. The van der Waals surface area contributed by atoms with Crippen LogP contribution in [0, 0.1) is 0 Å². The van der Waals surface area contributed by atoms with Gasteiger partial charge in [-0.15, -0.1) is 0 Å². The van der Waals surface area contributed by atoms with E-state index in [0.29, 0.717) is 28.4 Å². The normalized spacial score (nSPS) is 16.1. The second kappa shape index (κ2) is 5.86. The number of benzene rings is 2. The highest BCUT2D eigenvalue weighted by Crippen LogP contribution is 2.40. The van der Waals surface area contributed by atoms with Gasteiger partial charge in [0, 0.05) is 5.56 Å². The highest BCUT2D eigenvalue weighted by atomic mass is 35.5. The average Bonchev–Trinajstić information content (AvgIpc) is 2.98. The summed E-state index contributed by atoms with van der Waals surface area (Å²) in [6.45, 7) is 0. The predicted molar refractivity (Wildman–Crippen MR) is 97.7 cm³/mol. The maximum Gasteiger partial charge on any atom is 0.212 e. The summed E-state index contributed by atoms with van der Waals surface area (Å²) in [5.41, 5.74) is 8.57. The van der Waals surface area contributed by atoms with Gasteiger partial charge in [0.2, 0.25) is 5.95 Å². The van der Waals surface area contributed by atoms with Crippen LogP contribution in [0.1, 0.15) is 11.7 Å². The van der Waals surface area contributed by atoms with Crippen LogP contribution in [0.5, 0.6) is 11.5 Å². The molecule has 0 radical (unpaired) electrons. The Morgan fingerprint density at radius 1 is 1.20 bits per heavy atom. The number of rotatable bonds is 3. The van der Waals surface area contributed by atoms with E-state index in [1.54, 1.807) is 20.3 Å². The minimum Gasteiger partial charge on any atom is -0.493 e. The molecule has 0 aliphatic carbocycles. The minimum atomic E-state index is -0.416. The number of guanidine groups is 1. The van der Waals surface area contributed by atoms with Crippen LogP contribution in [0.4, 0.5) is 5.95 Å². The molecule has 0 saturated heterocycles. The molecule has 0 spiro atoms.